The van der Waals surface area contributed by atoms with E-state index in [1.165, 1.54) is 24.3 Å². The molecule has 7 rings (SSSR count). The largest absolute Gasteiger partial charge is 0.473 e. The number of rotatable bonds is 9. The molecule has 0 amide bonds. The van der Waals surface area contributed by atoms with Gasteiger partial charge in [0.2, 0.25) is 5.88 Å². The molecule has 1 aliphatic rings. The fourth-order valence-corrected chi connectivity index (χ4v) is 5.35. The van der Waals surface area contributed by atoms with Gasteiger partial charge in [0.25, 0.3) is 0 Å². The number of hydrogen-bond acceptors (Lipinski definition) is 6. The Morgan fingerprint density at radius 2 is 1.74 bits per heavy atom. The van der Waals surface area contributed by atoms with E-state index in [1.54, 1.807) is 36.9 Å². The molecule has 1 saturated carbocycles. The van der Waals surface area contributed by atoms with Gasteiger partial charge in [-0.05, 0) is 54.8 Å². The summed E-state index contributed by atoms with van der Waals surface area (Å²) >= 11 is 0. The van der Waals surface area contributed by atoms with E-state index in [1.807, 2.05) is 41.1 Å². The monoisotopic (exact) mass is 573 g/mol. The fraction of sp³-hybridized carbons (Fsp3) is 0.182. The van der Waals surface area contributed by atoms with Gasteiger partial charge in [0.05, 0.1) is 33.9 Å². The highest BCUT2D eigenvalue weighted by Gasteiger charge is 2.46. The van der Waals surface area contributed by atoms with Gasteiger partial charge in [0, 0.05) is 30.2 Å². The summed E-state index contributed by atoms with van der Waals surface area (Å²) < 4.78 is 39.6. The third-order valence-corrected chi connectivity index (χ3v) is 7.90. The normalized spacial score (nSPS) is 13.6. The number of para-hydroxylation sites is 2. The van der Waals surface area contributed by atoms with Crippen LogP contribution in [-0.4, -0.2) is 29.3 Å². The Morgan fingerprint density at radius 1 is 0.907 bits per heavy atom. The van der Waals surface area contributed by atoms with Crippen LogP contribution in [0.25, 0.3) is 22.3 Å². The molecule has 8 nitrogen and oxygen atoms in total. The van der Waals surface area contributed by atoms with Gasteiger partial charge in [0.1, 0.15) is 36.7 Å². The zero-order valence-corrected chi connectivity index (χ0v) is 23.0. The van der Waals surface area contributed by atoms with Gasteiger partial charge in [-0.1, -0.05) is 36.4 Å². The molecule has 0 bridgehead atoms. The molecule has 3 heterocycles. The molecule has 0 aliphatic heterocycles. The minimum Gasteiger partial charge on any atom is -0.473 e. The highest BCUT2D eigenvalue weighted by Crippen LogP contribution is 2.45. The Morgan fingerprint density at radius 3 is 2.51 bits per heavy atom. The molecule has 0 radical (unpaired) electrons. The highest BCUT2D eigenvalue weighted by atomic mass is 19.1. The molecule has 43 heavy (non-hydrogen) atoms. The Balaban J connectivity index is 1.12. The van der Waals surface area contributed by atoms with Crippen molar-refractivity contribution in [3.05, 3.63) is 126 Å². The van der Waals surface area contributed by atoms with Crippen LogP contribution in [0.15, 0.2) is 91.5 Å². The topological polar surface area (TPSA) is 94.4 Å². The van der Waals surface area contributed by atoms with E-state index in [4.69, 9.17) is 15.0 Å². The lowest BCUT2D eigenvalue weighted by atomic mass is 10.1. The van der Waals surface area contributed by atoms with Crippen molar-refractivity contribution in [1.82, 2.24) is 29.3 Å². The van der Waals surface area contributed by atoms with Crippen molar-refractivity contribution < 1.29 is 13.5 Å². The minimum atomic E-state index is -0.521. The van der Waals surface area contributed by atoms with Crippen LogP contribution in [0.4, 0.5) is 8.78 Å². The molecule has 1 aliphatic carbocycles. The van der Waals surface area contributed by atoms with Gasteiger partial charge < -0.3 is 9.30 Å². The van der Waals surface area contributed by atoms with Crippen LogP contribution in [0.5, 0.6) is 5.88 Å². The predicted octanol–water partition coefficient (Wildman–Crippen LogP) is 6.20. The SMILES string of the molecule is N#Cc1ccc(COc2cccc(-c3ccc(Cc4nc5ccccc5n4CC4(n5cncn5)CC4)c(F)c3)n2)c(F)c1. The molecule has 3 aromatic heterocycles. The van der Waals surface area contributed by atoms with Crippen molar-refractivity contribution in [2.75, 3.05) is 0 Å². The predicted molar refractivity (Wildman–Crippen MR) is 155 cm³/mol. The van der Waals surface area contributed by atoms with E-state index in [2.05, 4.69) is 19.6 Å². The number of ether oxygens (including phenoxy) is 1. The minimum absolute atomic E-state index is 0.0551. The number of fused-ring (bicyclic) bond motifs is 1. The lowest BCUT2D eigenvalue weighted by Gasteiger charge is -2.19. The van der Waals surface area contributed by atoms with Crippen molar-refractivity contribution in [1.29, 1.82) is 5.26 Å². The molecule has 0 unspecified atom stereocenters. The quantitative estimate of drug-likeness (QED) is 0.205. The van der Waals surface area contributed by atoms with Crippen LogP contribution in [-0.2, 0) is 25.1 Å². The number of hydrogen-bond donors (Lipinski definition) is 0. The number of pyridine rings is 1. The lowest BCUT2D eigenvalue weighted by Crippen LogP contribution is -2.25. The molecule has 6 aromatic rings. The Labute approximate surface area is 245 Å². The molecule has 10 heteroatoms. The zero-order chi connectivity index (χ0) is 29.4. The smallest absolute Gasteiger partial charge is 0.214 e. The molecule has 3 aromatic carbocycles. The van der Waals surface area contributed by atoms with Crippen LogP contribution in [0.1, 0.15) is 35.4 Å². The molecular formula is C33H25F2N7O. The van der Waals surface area contributed by atoms with Gasteiger partial charge in [-0.25, -0.2) is 28.4 Å². The van der Waals surface area contributed by atoms with Crippen molar-refractivity contribution in [2.45, 2.75) is 38.0 Å². The number of imidazole rings is 1. The fourth-order valence-electron chi connectivity index (χ4n) is 5.35. The summed E-state index contributed by atoms with van der Waals surface area (Å²) in [5, 5.41) is 13.3. The molecule has 1 fully saturated rings. The molecular weight excluding hydrogens is 548 g/mol. The standard InChI is InChI=1S/C33H25F2N7O/c34-26-14-22(17-36)8-9-25(26)18-43-32-7-3-5-28(40-32)24-11-10-23(27(35)15-24)16-31-39-29-4-1-2-6-30(29)41(31)19-33(12-13-33)42-21-37-20-38-42/h1-11,14-15,20-21H,12-13,16,18-19H2. The summed E-state index contributed by atoms with van der Waals surface area (Å²) in [6.07, 6.45) is 5.60. The zero-order valence-electron chi connectivity index (χ0n) is 23.0. The van der Waals surface area contributed by atoms with Gasteiger partial charge in [-0.2, -0.15) is 10.4 Å². The maximum Gasteiger partial charge on any atom is 0.214 e. The maximum atomic E-state index is 15.6. The van der Waals surface area contributed by atoms with Gasteiger partial charge in [-0.3, -0.25) is 0 Å². The summed E-state index contributed by atoms with van der Waals surface area (Å²) in [4.78, 5) is 13.5. The van der Waals surface area contributed by atoms with E-state index in [9.17, 15) is 4.39 Å². The second-order valence-electron chi connectivity index (χ2n) is 10.7. The molecule has 0 atom stereocenters. The average Bonchev–Trinajstić information content (AvgIpc) is 3.43. The number of nitriles is 1. The van der Waals surface area contributed by atoms with Crippen LogP contribution >= 0.6 is 0 Å². The van der Waals surface area contributed by atoms with Crippen LogP contribution < -0.4 is 4.74 Å². The first-order chi connectivity index (χ1) is 21.0. The van der Waals surface area contributed by atoms with E-state index >= 15 is 4.39 Å². The van der Waals surface area contributed by atoms with Crippen LogP contribution in [0.2, 0.25) is 0 Å². The maximum absolute atomic E-state index is 15.6. The second-order valence-corrected chi connectivity index (χ2v) is 10.7. The van der Waals surface area contributed by atoms with E-state index < -0.39 is 5.82 Å². The number of benzene rings is 3. The Hall–Kier alpha value is -5.43. The number of halogens is 2. The van der Waals surface area contributed by atoms with E-state index in [0.717, 1.165) is 29.7 Å². The first kappa shape index (κ1) is 26.5. The third-order valence-electron chi connectivity index (χ3n) is 7.90. The van der Waals surface area contributed by atoms with Crippen molar-refractivity contribution in [2.24, 2.45) is 0 Å². The molecule has 0 N–H and O–H groups in total. The van der Waals surface area contributed by atoms with Gasteiger partial charge in [0.15, 0.2) is 0 Å². The number of aromatic nitrogens is 6. The second kappa shape index (κ2) is 10.8. The van der Waals surface area contributed by atoms with Crippen molar-refractivity contribution in [3.63, 3.8) is 0 Å². The van der Waals surface area contributed by atoms with E-state index in [-0.39, 0.29) is 29.4 Å². The van der Waals surface area contributed by atoms with Crippen molar-refractivity contribution >= 4 is 11.0 Å². The van der Waals surface area contributed by atoms with Crippen LogP contribution in [0, 0.1) is 23.0 Å². The lowest BCUT2D eigenvalue weighted by molar-refractivity contribution is 0.288. The highest BCUT2D eigenvalue weighted by molar-refractivity contribution is 5.76. The third kappa shape index (κ3) is 5.21. The Bertz CT molecular complexity index is 1990. The molecule has 212 valence electrons. The molecule has 0 saturated heterocycles. The summed E-state index contributed by atoms with van der Waals surface area (Å²) in [5.74, 6) is 0.178. The van der Waals surface area contributed by atoms with Gasteiger partial charge in [-0.15, -0.1) is 0 Å². The summed E-state index contributed by atoms with van der Waals surface area (Å²) in [5.41, 5.74) is 3.90. The van der Waals surface area contributed by atoms with E-state index in [0.29, 0.717) is 35.3 Å². The average molecular weight is 574 g/mol. The summed E-state index contributed by atoms with van der Waals surface area (Å²) in [7, 11) is 0. The molecule has 0 spiro atoms. The van der Waals surface area contributed by atoms with Gasteiger partial charge >= 0.3 is 0 Å². The van der Waals surface area contributed by atoms with Crippen molar-refractivity contribution in [3.8, 4) is 23.2 Å². The summed E-state index contributed by atoms with van der Waals surface area (Å²) in [6, 6.07) is 24.3. The van der Waals surface area contributed by atoms with Crippen LogP contribution in [0.3, 0.4) is 0 Å². The first-order valence-electron chi connectivity index (χ1n) is 13.9. The Kier molecular flexibility index (Phi) is 6.62. The number of nitrogens with zero attached hydrogens (tertiary/aromatic N) is 7. The summed E-state index contributed by atoms with van der Waals surface area (Å²) in [6.45, 7) is 0.621. The first-order valence-corrected chi connectivity index (χ1v) is 13.9.